The van der Waals surface area contributed by atoms with Gasteiger partial charge in [-0.15, -0.1) is 0 Å². The number of halogens is 2. The molecule has 1 atom stereocenters. The molecule has 0 saturated carbocycles. The second-order valence-corrected chi connectivity index (χ2v) is 5.54. The molecule has 0 bridgehead atoms. The Balaban J connectivity index is 2.03. The topological polar surface area (TPSA) is 29.9 Å². The average molecular weight is 329 g/mol. The van der Waals surface area contributed by atoms with Crippen molar-refractivity contribution in [2.45, 2.75) is 19.5 Å². The molecule has 0 spiro atoms. The fourth-order valence-corrected chi connectivity index (χ4v) is 2.63. The first kappa shape index (κ1) is 13.6. The summed E-state index contributed by atoms with van der Waals surface area (Å²) in [6, 6.07) is 8.15. The van der Waals surface area contributed by atoms with E-state index >= 15 is 0 Å². The molecule has 96 valence electrons. The Kier molecular flexibility index (Phi) is 4.43. The van der Waals surface area contributed by atoms with E-state index in [1.54, 1.807) is 6.20 Å². The number of aromatic nitrogens is 2. The maximum absolute atomic E-state index is 6.23. The highest BCUT2D eigenvalue weighted by Gasteiger charge is 2.10. The van der Waals surface area contributed by atoms with Gasteiger partial charge in [0.2, 0.25) is 0 Å². The van der Waals surface area contributed by atoms with E-state index < -0.39 is 0 Å². The largest absolute Gasteiger partial charge is 0.305 e. The molecular weight excluding hydrogens is 314 g/mol. The van der Waals surface area contributed by atoms with Gasteiger partial charge in [0.1, 0.15) is 0 Å². The minimum atomic E-state index is 0.195. The maximum Gasteiger partial charge on any atom is 0.0518 e. The molecule has 0 aliphatic rings. The summed E-state index contributed by atoms with van der Waals surface area (Å²) >= 11 is 9.64. The lowest BCUT2D eigenvalue weighted by Crippen LogP contribution is -2.20. The molecule has 0 fully saturated rings. The molecular formula is C13H15BrClN3. The van der Waals surface area contributed by atoms with Crippen LogP contribution in [0.1, 0.15) is 24.2 Å². The molecule has 3 nitrogen and oxygen atoms in total. The number of hydrogen-bond donors (Lipinski definition) is 1. The molecule has 0 amide bonds. The van der Waals surface area contributed by atoms with Crippen molar-refractivity contribution in [2.24, 2.45) is 7.05 Å². The van der Waals surface area contributed by atoms with Crippen molar-refractivity contribution in [1.29, 1.82) is 0 Å². The number of nitrogens with zero attached hydrogens (tertiary/aromatic N) is 2. The molecule has 0 saturated heterocycles. The molecule has 1 aromatic carbocycles. The van der Waals surface area contributed by atoms with E-state index in [1.165, 1.54) is 0 Å². The quantitative estimate of drug-likeness (QED) is 0.927. The Labute approximate surface area is 120 Å². The van der Waals surface area contributed by atoms with Crippen molar-refractivity contribution in [3.63, 3.8) is 0 Å². The van der Waals surface area contributed by atoms with Gasteiger partial charge < -0.3 is 5.32 Å². The van der Waals surface area contributed by atoms with Crippen molar-refractivity contribution < 1.29 is 0 Å². The van der Waals surface area contributed by atoms with Crippen LogP contribution in [0.25, 0.3) is 0 Å². The summed E-state index contributed by atoms with van der Waals surface area (Å²) in [6.45, 7) is 2.87. The number of rotatable bonds is 4. The number of aryl methyl sites for hydroxylation is 1. The highest BCUT2D eigenvalue weighted by atomic mass is 79.9. The second-order valence-electron chi connectivity index (χ2n) is 4.21. The predicted octanol–water partition coefficient (Wildman–Crippen LogP) is 3.69. The predicted molar refractivity (Wildman–Crippen MR) is 77.6 cm³/mol. The van der Waals surface area contributed by atoms with Gasteiger partial charge in [0.25, 0.3) is 0 Å². The smallest absolute Gasteiger partial charge is 0.0518 e. The standard InChI is InChI=1S/C13H15BrClN3/c1-9(12-4-3-10(14)7-13(12)15)16-8-11-5-6-17-18(11)2/h3-7,9,16H,8H2,1-2H3. The monoisotopic (exact) mass is 327 g/mol. The van der Waals surface area contributed by atoms with Crippen LogP contribution in [-0.2, 0) is 13.6 Å². The minimum Gasteiger partial charge on any atom is -0.305 e. The highest BCUT2D eigenvalue weighted by molar-refractivity contribution is 9.10. The third-order valence-electron chi connectivity index (χ3n) is 2.94. The van der Waals surface area contributed by atoms with Gasteiger partial charge in [0.15, 0.2) is 0 Å². The van der Waals surface area contributed by atoms with Crippen molar-refractivity contribution in [2.75, 3.05) is 0 Å². The fraction of sp³-hybridized carbons (Fsp3) is 0.308. The Hall–Kier alpha value is -0.840. The van der Waals surface area contributed by atoms with Gasteiger partial charge >= 0.3 is 0 Å². The lowest BCUT2D eigenvalue weighted by molar-refractivity contribution is 0.548. The fourth-order valence-electron chi connectivity index (χ4n) is 1.80. The Morgan fingerprint density at radius 1 is 1.44 bits per heavy atom. The maximum atomic E-state index is 6.23. The third kappa shape index (κ3) is 3.13. The van der Waals surface area contributed by atoms with E-state index in [4.69, 9.17) is 11.6 Å². The van der Waals surface area contributed by atoms with E-state index in [9.17, 15) is 0 Å². The van der Waals surface area contributed by atoms with Crippen LogP contribution in [0, 0.1) is 0 Å². The van der Waals surface area contributed by atoms with Crippen LogP contribution in [0.3, 0.4) is 0 Å². The van der Waals surface area contributed by atoms with E-state index in [-0.39, 0.29) is 6.04 Å². The highest BCUT2D eigenvalue weighted by Crippen LogP contribution is 2.26. The van der Waals surface area contributed by atoms with Crippen molar-refractivity contribution in [1.82, 2.24) is 15.1 Å². The van der Waals surface area contributed by atoms with E-state index in [0.29, 0.717) is 0 Å². The summed E-state index contributed by atoms with van der Waals surface area (Å²) in [7, 11) is 1.94. The zero-order valence-electron chi connectivity index (χ0n) is 10.3. The first-order chi connectivity index (χ1) is 8.58. The first-order valence-electron chi connectivity index (χ1n) is 5.73. The molecule has 0 aliphatic heterocycles. The Morgan fingerprint density at radius 2 is 2.22 bits per heavy atom. The summed E-state index contributed by atoms with van der Waals surface area (Å²) < 4.78 is 2.86. The van der Waals surface area contributed by atoms with Gasteiger partial charge in [-0.25, -0.2) is 0 Å². The Bertz CT molecular complexity index is 539. The molecule has 2 rings (SSSR count). The number of nitrogens with one attached hydrogen (secondary N) is 1. The normalized spacial score (nSPS) is 12.7. The van der Waals surface area contributed by atoms with Crippen LogP contribution in [0.15, 0.2) is 34.9 Å². The minimum absolute atomic E-state index is 0.195. The summed E-state index contributed by atoms with van der Waals surface area (Å²) in [5.74, 6) is 0. The molecule has 0 aliphatic carbocycles. The zero-order chi connectivity index (χ0) is 13.1. The molecule has 1 N–H and O–H groups in total. The van der Waals surface area contributed by atoms with E-state index in [2.05, 4.69) is 33.3 Å². The molecule has 1 unspecified atom stereocenters. The molecule has 5 heteroatoms. The van der Waals surface area contributed by atoms with Crippen molar-refractivity contribution >= 4 is 27.5 Å². The van der Waals surface area contributed by atoms with Gasteiger partial charge in [-0.05, 0) is 30.7 Å². The van der Waals surface area contributed by atoms with Crippen LogP contribution in [-0.4, -0.2) is 9.78 Å². The third-order valence-corrected chi connectivity index (χ3v) is 3.76. The van der Waals surface area contributed by atoms with Crippen LogP contribution in [0.4, 0.5) is 0 Å². The van der Waals surface area contributed by atoms with Crippen LogP contribution < -0.4 is 5.32 Å². The van der Waals surface area contributed by atoms with Crippen LogP contribution >= 0.6 is 27.5 Å². The average Bonchev–Trinajstić information content (AvgIpc) is 2.72. The Morgan fingerprint density at radius 3 is 2.83 bits per heavy atom. The summed E-state index contributed by atoms with van der Waals surface area (Å²) in [4.78, 5) is 0. The molecule has 18 heavy (non-hydrogen) atoms. The molecule has 0 radical (unpaired) electrons. The summed E-state index contributed by atoms with van der Waals surface area (Å²) in [5.41, 5.74) is 2.25. The first-order valence-corrected chi connectivity index (χ1v) is 6.90. The van der Waals surface area contributed by atoms with Gasteiger partial charge in [0.05, 0.1) is 5.69 Å². The van der Waals surface area contributed by atoms with Crippen molar-refractivity contribution in [3.8, 4) is 0 Å². The van der Waals surface area contributed by atoms with E-state index in [1.807, 2.05) is 36.0 Å². The van der Waals surface area contributed by atoms with Gasteiger partial charge in [0, 0.05) is 35.3 Å². The van der Waals surface area contributed by atoms with E-state index in [0.717, 1.165) is 27.3 Å². The summed E-state index contributed by atoms with van der Waals surface area (Å²) in [5, 5.41) is 8.36. The van der Waals surface area contributed by atoms with Crippen LogP contribution in [0.2, 0.25) is 5.02 Å². The zero-order valence-corrected chi connectivity index (χ0v) is 12.7. The second kappa shape index (κ2) is 5.87. The SMILES string of the molecule is CC(NCc1ccnn1C)c1ccc(Br)cc1Cl. The molecule has 2 aromatic rings. The van der Waals surface area contributed by atoms with Crippen LogP contribution in [0.5, 0.6) is 0 Å². The number of benzene rings is 1. The lowest BCUT2D eigenvalue weighted by atomic mass is 10.1. The number of hydrogen-bond acceptors (Lipinski definition) is 2. The molecule has 1 heterocycles. The van der Waals surface area contributed by atoms with Gasteiger partial charge in [-0.1, -0.05) is 33.6 Å². The van der Waals surface area contributed by atoms with Gasteiger partial charge in [-0.2, -0.15) is 5.10 Å². The van der Waals surface area contributed by atoms with Crippen molar-refractivity contribution in [3.05, 3.63) is 51.2 Å². The van der Waals surface area contributed by atoms with Gasteiger partial charge in [-0.3, -0.25) is 4.68 Å². The summed E-state index contributed by atoms with van der Waals surface area (Å²) in [6.07, 6.45) is 1.80. The molecule has 1 aromatic heterocycles. The lowest BCUT2D eigenvalue weighted by Gasteiger charge is -2.16.